The highest BCUT2D eigenvalue weighted by Gasteiger charge is 2.42. The van der Waals surface area contributed by atoms with Gasteiger partial charge in [-0.25, -0.2) is 0 Å². The van der Waals surface area contributed by atoms with E-state index in [-0.39, 0.29) is 5.91 Å². The molecule has 1 aliphatic rings. The zero-order valence-corrected chi connectivity index (χ0v) is 12.9. The van der Waals surface area contributed by atoms with Gasteiger partial charge in [0.25, 0.3) is 0 Å². The summed E-state index contributed by atoms with van der Waals surface area (Å²) in [5.41, 5.74) is 2.36. The summed E-state index contributed by atoms with van der Waals surface area (Å²) in [6, 6.07) is 0.584. The van der Waals surface area contributed by atoms with Gasteiger partial charge in [-0.1, -0.05) is 0 Å². The van der Waals surface area contributed by atoms with Crippen LogP contribution in [-0.4, -0.2) is 27.8 Å². The second kappa shape index (κ2) is 5.59. The fraction of sp³-hybridized carbons (Fsp3) is 0.692. The zero-order chi connectivity index (χ0) is 14.0. The molecule has 0 radical (unpaired) electrons. The molecular formula is C13H21N4P. The molecule has 4 nitrogen and oxygen atoms in total. The first-order valence-electron chi connectivity index (χ1n) is 6.19. The topological polar surface area (TPSA) is 54.1 Å². The minimum Gasteiger partial charge on any atom is -0.346 e. The maximum absolute atomic E-state index is 9.24. The molecule has 0 spiro atoms. The lowest BCUT2D eigenvalue weighted by atomic mass is 10.3. The molecule has 98 valence electrons. The molecule has 0 aliphatic carbocycles. The molecule has 0 atom stereocenters. The van der Waals surface area contributed by atoms with E-state index in [0.29, 0.717) is 12.1 Å². The molecule has 1 rings (SSSR count). The van der Waals surface area contributed by atoms with Crippen LogP contribution >= 0.6 is 7.92 Å². The van der Waals surface area contributed by atoms with Crippen LogP contribution in [0.1, 0.15) is 41.5 Å². The Balaban J connectivity index is 3.27. The van der Waals surface area contributed by atoms with Gasteiger partial charge < -0.3 is 9.80 Å². The van der Waals surface area contributed by atoms with Crippen molar-refractivity contribution in [1.29, 1.82) is 10.5 Å². The van der Waals surface area contributed by atoms with Crippen LogP contribution in [0.25, 0.3) is 0 Å². The molecule has 18 heavy (non-hydrogen) atoms. The number of hydrogen-bond donors (Lipinski definition) is 0. The predicted molar refractivity (Wildman–Crippen MR) is 74.3 cm³/mol. The Morgan fingerprint density at radius 3 is 1.50 bits per heavy atom. The first-order valence-corrected chi connectivity index (χ1v) is 7.60. The van der Waals surface area contributed by atoms with Gasteiger partial charge in [-0.3, -0.25) is 0 Å². The van der Waals surface area contributed by atoms with Gasteiger partial charge in [0, 0.05) is 23.5 Å². The molecule has 0 fully saturated rings. The second-order valence-electron chi connectivity index (χ2n) is 5.09. The van der Waals surface area contributed by atoms with Gasteiger partial charge in [0.2, 0.25) is 0 Å². The maximum atomic E-state index is 9.24. The molecule has 0 saturated heterocycles. The fourth-order valence-electron chi connectivity index (χ4n) is 2.54. The van der Waals surface area contributed by atoms with Crippen molar-refractivity contribution in [3.05, 3.63) is 11.4 Å². The van der Waals surface area contributed by atoms with E-state index in [0.717, 1.165) is 0 Å². The van der Waals surface area contributed by atoms with Crippen molar-refractivity contribution < 1.29 is 0 Å². The van der Waals surface area contributed by atoms with Crippen molar-refractivity contribution in [3.8, 4) is 11.6 Å². The minimum absolute atomic E-state index is 0.102. The van der Waals surface area contributed by atoms with Crippen molar-refractivity contribution in [2.45, 2.75) is 59.5 Å². The summed E-state index contributed by atoms with van der Waals surface area (Å²) in [7, 11) is -1.33. The first-order chi connectivity index (χ1) is 8.36. The van der Waals surface area contributed by atoms with Crippen molar-refractivity contribution >= 4 is 7.92 Å². The molecule has 0 saturated carbocycles. The summed E-state index contributed by atoms with van der Waals surface area (Å²) < 4.78 is 0. The third kappa shape index (κ3) is 2.31. The van der Waals surface area contributed by atoms with Crippen molar-refractivity contribution in [1.82, 2.24) is 9.80 Å². The average molecular weight is 264 g/mol. The van der Waals surface area contributed by atoms with Gasteiger partial charge in [-0.05, 0) is 41.5 Å². The molecule has 5 heteroatoms. The molecule has 1 heterocycles. The Morgan fingerprint density at radius 1 is 0.944 bits per heavy atom. The molecule has 0 amide bonds. The normalized spacial score (nSPS) is 17.1. The largest absolute Gasteiger partial charge is 0.346 e. The Bertz CT molecular complexity index is 389. The molecule has 0 aromatic rings. The molecule has 0 aromatic carbocycles. The number of nitriles is 2. The van der Waals surface area contributed by atoms with E-state index >= 15 is 0 Å². The first kappa shape index (κ1) is 14.8. The van der Waals surface area contributed by atoms with Gasteiger partial charge in [0.15, 0.2) is 7.92 Å². The highest BCUT2D eigenvalue weighted by atomic mass is 31.1. The Hall–Kier alpha value is -1.25. The minimum atomic E-state index is -1.33. The third-order valence-corrected chi connectivity index (χ3v) is 4.75. The van der Waals surface area contributed by atoms with Crippen LogP contribution in [0.5, 0.6) is 0 Å². The van der Waals surface area contributed by atoms with E-state index in [1.54, 1.807) is 0 Å². The van der Waals surface area contributed by atoms with Crippen LogP contribution < -0.4 is 0 Å². The number of nitrogens with zero attached hydrogens (tertiary/aromatic N) is 4. The van der Waals surface area contributed by atoms with E-state index < -0.39 is 7.92 Å². The number of rotatable bonds is 3. The summed E-state index contributed by atoms with van der Waals surface area (Å²) in [5.74, 6) is 4.29. The third-order valence-electron chi connectivity index (χ3n) is 3.35. The predicted octanol–water partition coefficient (Wildman–Crippen LogP) is 3.40. The number of allylic oxidation sites excluding steroid dienone is 2. The zero-order valence-electron chi connectivity index (χ0n) is 12.0. The van der Waals surface area contributed by atoms with E-state index in [1.807, 2.05) is 0 Å². The monoisotopic (exact) mass is 264 g/mol. The SMILES string of the molecule is CC1=C(C)N(C(C)C)C(P(C#N)C#N)N1C(C)C. The van der Waals surface area contributed by atoms with Crippen LogP contribution in [0.3, 0.4) is 0 Å². The summed E-state index contributed by atoms with van der Waals surface area (Å²) in [5, 5.41) is 18.5. The van der Waals surface area contributed by atoms with Crippen molar-refractivity contribution in [2.75, 3.05) is 0 Å². The van der Waals surface area contributed by atoms with Crippen LogP contribution in [0, 0.1) is 22.1 Å². The van der Waals surface area contributed by atoms with E-state index in [4.69, 9.17) is 0 Å². The molecular weight excluding hydrogens is 243 g/mol. The molecule has 0 unspecified atom stereocenters. The summed E-state index contributed by atoms with van der Waals surface area (Å²) in [4.78, 5) is 4.43. The highest BCUT2D eigenvalue weighted by molar-refractivity contribution is 7.68. The van der Waals surface area contributed by atoms with Crippen LogP contribution in [-0.2, 0) is 0 Å². The lowest BCUT2D eigenvalue weighted by Crippen LogP contribution is -2.44. The second-order valence-corrected chi connectivity index (χ2v) is 6.69. The quantitative estimate of drug-likeness (QED) is 0.733. The summed E-state index contributed by atoms with van der Waals surface area (Å²) >= 11 is 0. The van der Waals surface area contributed by atoms with Gasteiger partial charge >= 0.3 is 0 Å². The van der Waals surface area contributed by atoms with E-state index in [2.05, 4.69) is 63.0 Å². The fourth-order valence-corrected chi connectivity index (χ4v) is 4.17. The molecule has 0 aromatic heterocycles. The summed E-state index contributed by atoms with van der Waals surface area (Å²) in [6.07, 6.45) is 0. The molecule has 1 aliphatic heterocycles. The number of hydrogen-bond acceptors (Lipinski definition) is 4. The van der Waals surface area contributed by atoms with Crippen molar-refractivity contribution in [3.63, 3.8) is 0 Å². The standard InChI is InChI=1S/C13H21N4P/c1-9(2)16-11(5)12(6)17(10(3)4)13(16)18(7-14)8-15/h9-10,13H,1-6H3. The Kier molecular flexibility index (Phi) is 4.60. The van der Waals surface area contributed by atoms with Crippen LogP contribution in [0.2, 0.25) is 0 Å². The van der Waals surface area contributed by atoms with Gasteiger partial charge in [0.05, 0.1) is 0 Å². The lowest BCUT2D eigenvalue weighted by Gasteiger charge is -2.39. The van der Waals surface area contributed by atoms with Crippen LogP contribution in [0.4, 0.5) is 0 Å². The van der Waals surface area contributed by atoms with Gasteiger partial charge in [0.1, 0.15) is 17.5 Å². The maximum Gasteiger partial charge on any atom is 0.155 e. The average Bonchev–Trinajstić information content (AvgIpc) is 2.54. The van der Waals surface area contributed by atoms with Gasteiger partial charge in [-0.2, -0.15) is 10.5 Å². The van der Waals surface area contributed by atoms with Crippen molar-refractivity contribution in [2.24, 2.45) is 0 Å². The van der Waals surface area contributed by atoms with Crippen LogP contribution in [0.15, 0.2) is 11.4 Å². The van der Waals surface area contributed by atoms with Gasteiger partial charge in [-0.15, -0.1) is 0 Å². The lowest BCUT2D eigenvalue weighted by molar-refractivity contribution is 0.157. The van der Waals surface area contributed by atoms with E-state index in [9.17, 15) is 10.5 Å². The smallest absolute Gasteiger partial charge is 0.155 e. The summed E-state index contributed by atoms with van der Waals surface area (Å²) in [6.45, 7) is 12.6. The highest BCUT2D eigenvalue weighted by Crippen LogP contribution is 2.50. The van der Waals surface area contributed by atoms with E-state index in [1.165, 1.54) is 11.4 Å². The molecule has 0 N–H and O–H groups in total. The Labute approximate surface area is 111 Å². The molecule has 0 bridgehead atoms. The Morgan fingerprint density at radius 2 is 1.28 bits per heavy atom.